The molecule has 1 unspecified atom stereocenters. The van der Waals surface area contributed by atoms with Crippen molar-refractivity contribution in [2.24, 2.45) is 11.8 Å². The first kappa shape index (κ1) is 16.7. The highest BCUT2D eigenvalue weighted by atomic mass is 35.5. The molecule has 3 heterocycles. The van der Waals surface area contributed by atoms with E-state index in [0.717, 1.165) is 5.92 Å². The van der Waals surface area contributed by atoms with Gasteiger partial charge in [-0.15, -0.1) is 11.6 Å². The van der Waals surface area contributed by atoms with Crippen molar-refractivity contribution >= 4 is 28.6 Å². The van der Waals surface area contributed by atoms with E-state index < -0.39 is 24.5 Å². The monoisotopic (exact) mass is 379 g/mol. The minimum absolute atomic E-state index is 0.105. The molecule has 3 N–H and O–H groups in total. The quantitative estimate of drug-likeness (QED) is 0.687. The Morgan fingerprint density at radius 3 is 2.77 bits per heavy atom. The van der Waals surface area contributed by atoms with Crippen molar-refractivity contribution in [3.8, 4) is 0 Å². The average Bonchev–Trinajstić information content (AvgIpc) is 3.41. The number of anilines is 1. The summed E-state index contributed by atoms with van der Waals surface area (Å²) in [5.41, 5.74) is 1.21. The van der Waals surface area contributed by atoms with Crippen LogP contribution in [0.1, 0.15) is 31.9 Å². The summed E-state index contributed by atoms with van der Waals surface area (Å²) in [6, 6.07) is 0.438. The summed E-state index contributed by atoms with van der Waals surface area (Å²) in [5.74, 6) is 2.37. The van der Waals surface area contributed by atoms with E-state index >= 15 is 0 Å². The molecule has 3 aliphatic rings. The lowest BCUT2D eigenvalue weighted by Gasteiger charge is -2.23. The zero-order chi connectivity index (χ0) is 17.8. The van der Waals surface area contributed by atoms with Gasteiger partial charge < -0.3 is 20.3 Å². The van der Waals surface area contributed by atoms with Crippen LogP contribution in [0, 0.1) is 11.8 Å². The number of imidazole rings is 1. The number of fused-ring (bicyclic) bond motifs is 3. The fourth-order valence-electron chi connectivity index (χ4n) is 4.83. The van der Waals surface area contributed by atoms with Crippen LogP contribution in [0.5, 0.6) is 0 Å². The lowest BCUT2D eigenvalue weighted by molar-refractivity contribution is -0.0291. The molecule has 2 saturated carbocycles. The van der Waals surface area contributed by atoms with Gasteiger partial charge in [-0.1, -0.05) is 6.42 Å². The van der Waals surface area contributed by atoms with Gasteiger partial charge in [-0.25, -0.2) is 15.0 Å². The molecule has 0 amide bonds. The molecule has 1 saturated heterocycles. The highest BCUT2D eigenvalue weighted by molar-refractivity contribution is 6.18. The van der Waals surface area contributed by atoms with Crippen LogP contribution in [0.3, 0.4) is 0 Å². The van der Waals surface area contributed by atoms with Crippen molar-refractivity contribution in [1.29, 1.82) is 0 Å². The van der Waals surface area contributed by atoms with Crippen molar-refractivity contribution < 1.29 is 14.9 Å². The fraction of sp³-hybridized carbons (Fsp3) is 0.706. The van der Waals surface area contributed by atoms with Gasteiger partial charge in [0.1, 0.15) is 24.6 Å². The molecule has 2 bridgehead atoms. The molecular formula is C17H22ClN5O3. The van der Waals surface area contributed by atoms with Gasteiger partial charge in [0.2, 0.25) is 0 Å². The number of nitrogens with one attached hydrogen (secondary N) is 1. The van der Waals surface area contributed by atoms with E-state index in [1.807, 2.05) is 0 Å². The van der Waals surface area contributed by atoms with Crippen molar-refractivity contribution in [2.75, 3.05) is 11.2 Å². The van der Waals surface area contributed by atoms with Crippen molar-refractivity contribution in [3.63, 3.8) is 0 Å². The van der Waals surface area contributed by atoms with Crippen molar-refractivity contribution in [2.45, 2.75) is 56.3 Å². The van der Waals surface area contributed by atoms with Crippen LogP contribution in [0.4, 0.5) is 5.82 Å². The van der Waals surface area contributed by atoms with Crippen LogP contribution in [0.25, 0.3) is 11.2 Å². The number of hydrogen-bond donors (Lipinski definition) is 3. The third-order valence-corrected chi connectivity index (χ3v) is 6.49. The molecule has 5 rings (SSSR count). The molecule has 2 aromatic rings. The summed E-state index contributed by atoms with van der Waals surface area (Å²) in [4.78, 5) is 13.2. The Hall–Kier alpha value is -1.48. The molecule has 9 heteroatoms. The zero-order valence-corrected chi connectivity index (χ0v) is 15.0. The van der Waals surface area contributed by atoms with E-state index in [1.165, 1.54) is 32.0 Å². The zero-order valence-electron chi connectivity index (χ0n) is 14.2. The van der Waals surface area contributed by atoms with Crippen LogP contribution < -0.4 is 5.32 Å². The van der Waals surface area contributed by atoms with E-state index in [9.17, 15) is 10.2 Å². The Morgan fingerprint density at radius 2 is 2.08 bits per heavy atom. The maximum absolute atomic E-state index is 10.3. The van der Waals surface area contributed by atoms with Crippen LogP contribution >= 0.6 is 11.6 Å². The molecule has 8 nitrogen and oxygen atoms in total. The van der Waals surface area contributed by atoms with E-state index in [1.54, 1.807) is 10.9 Å². The molecule has 3 fully saturated rings. The number of aromatic nitrogens is 4. The molecule has 140 valence electrons. The van der Waals surface area contributed by atoms with E-state index in [4.69, 9.17) is 16.3 Å². The second kappa shape index (κ2) is 6.30. The van der Waals surface area contributed by atoms with Crippen molar-refractivity contribution in [3.05, 3.63) is 12.7 Å². The van der Waals surface area contributed by atoms with E-state index in [0.29, 0.717) is 28.9 Å². The Morgan fingerprint density at radius 1 is 1.19 bits per heavy atom. The molecule has 2 aliphatic carbocycles. The number of alkyl halides is 1. The van der Waals surface area contributed by atoms with Gasteiger partial charge in [0.15, 0.2) is 23.2 Å². The first-order chi connectivity index (χ1) is 12.7. The summed E-state index contributed by atoms with van der Waals surface area (Å²) in [6.45, 7) is 0. The maximum atomic E-state index is 10.3. The number of aliphatic hydroxyl groups excluding tert-OH is 2. The molecule has 26 heavy (non-hydrogen) atoms. The molecular weight excluding hydrogens is 358 g/mol. The van der Waals surface area contributed by atoms with Crippen LogP contribution in [0.2, 0.25) is 0 Å². The number of halogens is 1. The molecule has 0 aromatic carbocycles. The molecule has 7 atom stereocenters. The number of rotatable bonds is 4. The Bertz CT molecular complexity index is 817. The second-order valence-electron chi connectivity index (χ2n) is 7.67. The third kappa shape index (κ3) is 2.51. The van der Waals surface area contributed by atoms with Gasteiger partial charge in [-0.3, -0.25) is 4.57 Å². The van der Waals surface area contributed by atoms with E-state index in [2.05, 4.69) is 20.3 Å². The molecule has 0 spiro atoms. The number of hydrogen-bond acceptors (Lipinski definition) is 7. The second-order valence-corrected chi connectivity index (χ2v) is 7.98. The van der Waals surface area contributed by atoms with Gasteiger partial charge in [-0.05, 0) is 31.1 Å². The smallest absolute Gasteiger partial charge is 0.167 e. The van der Waals surface area contributed by atoms with E-state index in [-0.39, 0.29) is 5.88 Å². The lowest BCUT2D eigenvalue weighted by atomic mass is 9.95. The SMILES string of the molecule is O[C@@H]1[C@H](O)[C@@H](CCl)O[C@H]1n1cnc2c(NC3C[C@@H]4CC[C@@H]3C4)ncnc21. The largest absolute Gasteiger partial charge is 0.387 e. The van der Waals surface area contributed by atoms with Gasteiger partial charge in [0.05, 0.1) is 12.2 Å². The fourth-order valence-corrected chi connectivity index (χ4v) is 5.08. The molecule has 2 aromatic heterocycles. The molecule has 1 aliphatic heterocycles. The van der Waals surface area contributed by atoms with Crippen LogP contribution in [0.15, 0.2) is 12.7 Å². The normalized spacial score (nSPS) is 39.1. The highest BCUT2D eigenvalue weighted by Crippen LogP contribution is 2.45. The van der Waals surface area contributed by atoms with Gasteiger partial charge >= 0.3 is 0 Å². The minimum atomic E-state index is -1.09. The summed E-state index contributed by atoms with van der Waals surface area (Å²) < 4.78 is 7.35. The summed E-state index contributed by atoms with van der Waals surface area (Å²) >= 11 is 5.81. The van der Waals surface area contributed by atoms with Crippen molar-refractivity contribution in [1.82, 2.24) is 19.5 Å². The summed E-state index contributed by atoms with van der Waals surface area (Å²) in [7, 11) is 0. The average molecular weight is 380 g/mol. The Kier molecular flexibility index (Phi) is 4.04. The topological polar surface area (TPSA) is 105 Å². The first-order valence-corrected chi connectivity index (χ1v) is 9.70. The summed E-state index contributed by atoms with van der Waals surface area (Å²) in [5, 5.41) is 23.9. The standard InChI is InChI=1S/C17H22ClN5O3/c18-5-11-13(24)14(25)17(26-11)23-7-21-12-15(19-6-20-16(12)23)22-10-4-8-1-2-9(10)3-8/h6-11,13-14,17,24-25H,1-5H2,(H,19,20,22)/t8-,9-,10?,11-,13-,14-,17-/m1/s1. The molecule has 0 radical (unpaired) electrons. The van der Waals surface area contributed by atoms with Gasteiger partial charge in [-0.2, -0.15) is 0 Å². The summed E-state index contributed by atoms with van der Waals surface area (Å²) in [6.07, 6.45) is 4.66. The first-order valence-electron chi connectivity index (χ1n) is 9.17. The number of nitrogens with zero attached hydrogens (tertiary/aromatic N) is 4. The Balaban J connectivity index is 1.44. The van der Waals surface area contributed by atoms with Crippen LogP contribution in [-0.2, 0) is 4.74 Å². The van der Waals surface area contributed by atoms with Crippen LogP contribution in [-0.4, -0.2) is 60.0 Å². The predicted octanol–water partition coefficient (Wildman–Crippen LogP) is 1.28. The predicted molar refractivity (Wildman–Crippen MR) is 94.8 cm³/mol. The maximum Gasteiger partial charge on any atom is 0.167 e. The minimum Gasteiger partial charge on any atom is -0.387 e. The van der Waals surface area contributed by atoms with Gasteiger partial charge in [0.25, 0.3) is 0 Å². The number of ether oxygens (including phenoxy) is 1. The van der Waals surface area contributed by atoms with Gasteiger partial charge in [0, 0.05) is 6.04 Å². The highest BCUT2D eigenvalue weighted by Gasteiger charge is 2.44. The lowest BCUT2D eigenvalue weighted by Crippen LogP contribution is -2.32. The Labute approximate surface area is 155 Å². The number of aliphatic hydroxyl groups is 2. The third-order valence-electron chi connectivity index (χ3n) is 6.18.